The van der Waals surface area contributed by atoms with E-state index < -0.39 is 0 Å². The smallest absolute Gasteiger partial charge is 0.255 e. The summed E-state index contributed by atoms with van der Waals surface area (Å²) in [5, 5.41) is 0.801. The second-order valence-corrected chi connectivity index (χ2v) is 5.96. The van der Waals surface area contributed by atoms with Crippen molar-refractivity contribution in [2.75, 3.05) is 13.1 Å². The summed E-state index contributed by atoms with van der Waals surface area (Å²) in [5.74, 6) is 0.279. The van der Waals surface area contributed by atoms with E-state index in [9.17, 15) is 9.18 Å². The largest absolute Gasteiger partial charge is 0.338 e. The highest BCUT2D eigenvalue weighted by Gasteiger charge is 2.23. The summed E-state index contributed by atoms with van der Waals surface area (Å²) >= 11 is 0. The number of hydrogen-bond acceptors (Lipinski definition) is 2. The lowest BCUT2D eigenvalue weighted by molar-refractivity contribution is 0.0682. The van der Waals surface area contributed by atoms with Crippen molar-refractivity contribution < 1.29 is 9.18 Å². The van der Waals surface area contributed by atoms with Crippen molar-refractivity contribution in [1.29, 1.82) is 0 Å². The SMILES string of the molecule is Cc1nc2cc(F)ccc2cc1C(=O)N1CCCC(C)C1. The van der Waals surface area contributed by atoms with Gasteiger partial charge in [-0.3, -0.25) is 9.78 Å². The van der Waals surface area contributed by atoms with Crippen LogP contribution >= 0.6 is 0 Å². The van der Waals surface area contributed by atoms with Gasteiger partial charge in [0, 0.05) is 24.5 Å². The van der Waals surface area contributed by atoms with Gasteiger partial charge in [-0.1, -0.05) is 6.92 Å². The van der Waals surface area contributed by atoms with E-state index in [4.69, 9.17) is 0 Å². The van der Waals surface area contributed by atoms with E-state index in [-0.39, 0.29) is 11.7 Å². The Kier molecular flexibility index (Phi) is 3.62. The number of rotatable bonds is 1. The molecule has 3 nitrogen and oxygen atoms in total. The van der Waals surface area contributed by atoms with Gasteiger partial charge in [0.15, 0.2) is 0 Å². The zero-order chi connectivity index (χ0) is 15.0. The number of likely N-dealkylation sites (tertiary alicyclic amines) is 1. The summed E-state index contributed by atoms with van der Waals surface area (Å²) < 4.78 is 13.2. The molecule has 0 saturated carbocycles. The second-order valence-electron chi connectivity index (χ2n) is 5.96. The molecule has 1 aliphatic heterocycles. The summed E-state index contributed by atoms with van der Waals surface area (Å²) in [6.45, 7) is 5.60. The number of aromatic nitrogens is 1. The third-order valence-corrected chi connectivity index (χ3v) is 4.14. The van der Waals surface area contributed by atoms with Gasteiger partial charge in [-0.25, -0.2) is 4.39 Å². The number of pyridine rings is 1. The Morgan fingerprint density at radius 1 is 1.38 bits per heavy atom. The van der Waals surface area contributed by atoms with Gasteiger partial charge >= 0.3 is 0 Å². The van der Waals surface area contributed by atoms with Crippen molar-refractivity contribution in [3.05, 3.63) is 41.3 Å². The molecule has 4 heteroatoms. The van der Waals surface area contributed by atoms with Gasteiger partial charge in [0.25, 0.3) is 5.91 Å². The van der Waals surface area contributed by atoms with Crippen LogP contribution in [-0.2, 0) is 0 Å². The first-order valence-electron chi connectivity index (χ1n) is 7.41. The molecule has 21 heavy (non-hydrogen) atoms. The summed E-state index contributed by atoms with van der Waals surface area (Å²) in [5.41, 5.74) is 1.88. The number of benzene rings is 1. The highest BCUT2D eigenvalue weighted by molar-refractivity contribution is 5.98. The van der Waals surface area contributed by atoms with Gasteiger partial charge in [-0.05, 0) is 43.9 Å². The fourth-order valence-electron chi connectivity index (χ4n) is 3.00. The predicted octanol–water partition coefficient (Wildman–Crippen LogP) is 3.55. The van der Waals surface area contributed by atoms with Crippen LogP contribution in [0.2, 0.25) is 0 Å². The number of amides is 1. The second kappa shape index (κ2) is 5.43. The summed E-state index contributed by atoms with van der Waals surface area (Å²) in [6.07, 6.45) is 2.23. The number of piperidine rings is 1. The number of halogens is 1. The summed E-state index contributed by atoms with van der Waals surface area (Å²) in [6, 6.07) is 6.31. The Bertz CT molecular complexity index is 698. The Hall–Kier alpha value is -1.97. The first-order valence-corrected chi connectivity index (χ1v) is 7.41. The number of hydrogen-bond donors (Lipinski definition) is 0. The minimum absolute atomic E-state index is 0.0396. The van der Waals surface area contributed by atoms with Crippen molar-refractivity contribution in [1.82, 2.24) is 9.88 Å². The van der Waals surface area contributed by atoms with Crippen molar-refractivity contribution in [3.8, 4) is 0 Å². The maximum absolute atomic E-state index is 13.2. The Balaban J connectivity index is 1.97. The average Bonchev–Trinajstić information content (AvgIpc) is 2.45. The molecule has 0 aliphatic carbocycles. The van der Waals surface area contributed by atoms with Crippen LogP contribution in [0.25, 0.3) is 10.9 Å². The topological polar surface area (TPSA) is 33.2 Å². The fraction of sp³-hybridized carbons (Fsp3) is 0.412. The average molecular weight is 286 g/mol. The van der Waals surface area contributed by atoms with Crippen LogP contribution in [0, 0.1) is 18.7 Å². The van der Waals surface area contributed by atoms with E-state index in [2.05, 4.69) is 11.9 Å². The molecule has 1 aromatic heterocycles. The number of nitrogens with zero attached hydrogens (tertiary/aromatic N) is 2. The van der Waals surface area contributed by atoms with Crippen molar-refractivity contribution in [2.24, 2.45) is 5.92 Å². The first-order chi connectivity index (χ1) is 10.0. The molecular formula is C17H19FN2O. The molecule has 0 spiro atoms. The van der Waals surface area contributed by atoms with Crippen LogP contribution in [0.15, 0.2) is 24.3 Å². The molecule has 1 fully saturated rings. The molecule has 3 rings (SSSR count). The fourth-order valence-corrected chi connectivity index (χ4v) is 3.00. The van der Waals surface area contributed by atoms with Crippen LogP contribution in [0.3, 0.4) is 0 Å². The molecule has 1 amide bonds. The molecular weight excluding hydrogens is 267 g/mol. The zero-order valence-corrected chi connectivity index (χ0v) is 12.4. The van der Waals surface area contributed by atoms with E-state index in [1.54, 1.807) is 6.07 Å². The quantitative estimate of drug-likeness (QED) is 0.803. The predicted molar refractivity (Wildman–Crippen MR) is 80.7 cm³/mol. The molecule has 1 unspecified atom stereocenters. The van der Waals surface area contributed by atoms with Crippen LogP contribution in [0.4, 0.5) is 4.39 Å². The van der Waals surface area contributed by atoms with Crippen LogP contribution < -0.4 is 0 Å². The third kappa shape index (κ3) is 2.75. The number of fused-ring (bicyclic) bond motifs is 1. The van der Waals surface area contributed by atoms with Gasteiger partial charge in [-0.15, -0.1) is 0 Å². The maximum Gasteiger partial charge on any atom is 0.255 e. The van der Waals surface area contributed by atoms with E-state index in [1.165, 1.54) is 18.6 Å². The molecule has 110 valence electrons. The molecule has 0 N–H and O–H groups in total. The minimum atomic E-state index is -0.307. The lowest BCUT2D eigenvalue weighted by atomic mass is 9.99. The standard InChI is InChI=1S/C17H19FN2O/c1-11-4-3-7-20(10-11)17(21)15-8-13-5-6-14(18)9-16(13)19-12(15)2/h5-6,8-9,11H,3-4,7,10H2,1-2H3. The molecule has 2 heterocycles. The van der Waals surface area contributed by atoms with Crippen LogP contribution in [0.5, 0.6) is 0 Å². The molecule has 2 aromatic rings. The normalized spacial score (nSPS) is 19.0. The van der Waals surface area contributed by atoms with Gasteiger partial charge in [0.1, 0.15) is 5.82 Å². The summed E-state index contributed by atoms with van der Waals surface area (Å²) in [4.78, 5) is 19.0. The van der Waals surface area contributed by atoms with Gasteiger partial charge in [0.05, 0.1) is 16.8 Å². The zero-order valence-electron chi connectivity index (χ0n) is 12.4. The van der Waals surface area contributed by atoms with Crippen molar-refractivity contribution in [2.45, 2.75) is 26.7 Å². The Morgan fingerprint density at radius 2 is 2.19 bits per heavy atom. The van der Waals surface area contributed by atoms with E-state index in [0.29, 0.717) is 22.7 Å². The third-order valence-electron chi connectivity index (χ3n) is 4.14. The number of aryl methyl sites for hydroxylation is 1. The van der Waals surface area contributed by atoms with E-state index in [1.807, 2.05) is 17.9 Å². The van der Waals surface area contributed by atoms with Gasteiger partial charge < -0.3 is 4.90 Å². The van der Waals surface area contributed by atoms with Crippen molar-refractivity contribution >= 4 is 16.8 Å². The van der Waals surface area contributed by atoms with E-state index in [0.717, 1.165) is 24.9 Å². The molecule has 1 aromatic carbocycles. The van der Waals surface area contributed by atoms with Crippen LogP contribution in [-0.4, -0.2) is 28.9 Å². The summed E-state index contributed by atoms with van der Waals surface area (Å²) in [7, 11) is 0. The minimum Gasteiger partial charge on any atom is -0.338 e. The highest BCUT2D eigenvalue weighted by atomic mass is 19.1. The Labute approximate surface area is 123 Å². The molecule has 1 saturated heterocycles. The lowest BCUT2D eigenvalue weighted by Gasteiger charge is -2.31. The molecule has 1 atom stereocenters. The molecule has 0 bridgehead atoms. The van der Waals surface area contributed by atoms with E-state index >= 15 is 0 Å². The Morgan fingerprint density at radius 3 is 2.95 bits per heavy atom. The monoisotopic (exact) mass is 286 g/mol. The van der Waals surface area contributed by atoms with Gasteiger partial charge in [-0.2, -0.15) is 0 Å². The molecule has 0 radical (unpaired) electrons. The van der Waals surface area contributed by atoms with Crippen LogP contribution in [0.1, 0.15) is 35.8 Å². The van der Waals surface area contributed by atoms with Gasteiger partial charge in [0.2, 0.25) is 0 Å². The lowest BCUT2D eigenvalue weighted by Crippen LogP contribution is -2.39. The number of carbonyl (C=O) groups is 1. The first kappa shape index (κ1) is 14.0. The molecule has 1 aliphatic rings. The number of carbonyl (C=O) groups excluding carboxylic acids is 1. The van der Waals surface area contributed by atoms with Crippen molar-refractivity contribution in [3.63, 3.8) is 0 Å². The maximum atomic E-state index is 13.2. The highest BCUT2D eigenvalue weighted by Crippen LogP contribution is 2.22.